The van der Waals surface area contributed by atoms with Crippen LogP contribution in [0, 0.1) is 20.8 Å². The van der Waals surface area contributed by atoms with Gasteiger partial charge in [-0.25, -0.2) is 13.4 Å². The summed E-state index contributed by atoms with van der Waals surface area (Å²) in [7, 11) is -4.15. The number of rotatable bonds is 12. The van der Waals surface area contributed by atoms with Gasteiger partial charge in [0.2, 0.25) is 15.9 Å². The highest BCUT2D eigenvalue weighted by Gasteiger charge is 2.29. The summed E-state index contributed by atoms with van der Waals surface area (Å²) >= 11 is 1.23. The number of thiophene rings is 1. The summed E-state index contributed by atoms with van der Waals surface area (Å²) in [4.78, 5) is 32.0. The molecule has 1 unspecified atom stereocenters. The zero-order chi connectivity index (χ0) is 32.7. The van der Waals surface area contributed by atoms with E-state index in [9.17, 15) is 18.0 Å². The highest BCUT2D eigenvalue weighted by Crippen LogP contribution is 2.30. The first-order valence-corrected chi connectivity index (χ1v) is 16.4. The first-order valence-electron chi connectivity index (χ1n) is 14.1. The van der Waals surface area contributed by atoms with E-state index in [1.807, 2.05) is 25.1 Å². The monoisotopic (exact) mass is 683 g/mol. The number of aryl methyl sites for hydroxylation is 3. The first-order chi connectivity index (χ1) is 21.4. The molecule has 9 N–H and O–H groups in total. The Hall–Kier alpha value is -4.27. The Bertz CT molecular complexity index is 1810. The van der Waals surface area contributed by atoms with E-state index in [0.29, 0.717) is 40.3 Å². The maximum Gasteiger partial charge on any atom is 0.261 e. The number of hydrogen-bond acceptors (Lipinski definition) is 7. The number of guanidine groups is 1. The van der Waals surface area contributed by atoms with Gasteiger partial charge in [-0.05, 0) is 92.4 Å². The molecule has 0 bridgehead atoms. The second-order valence-corrected chi connectivity index (χ2v) is 13.3. The van der Waals surface area contributed by atoms with Crippen molar-refractivity contribution in [3.05, 3.63) is 99.9 Å². The molecule has 0 spiro atoms. The summed E-state index contributed by atoms with van der Waals surface area (Å²) in [5.41, 5.74) is 21.5. The van der Waals surface area contributed by atoms with Crippen LogP contribution in [0.3, 0.4) is 0 Å². The average Bonchev–Trinajstić information content (AvgIpc) is 3.46. The predicted molar refractivity (Wildman–Crippen MR) is 187 cm³/mol. The molecule has 0 aliphatic carbocycles. The maximum absolute atomic E-state index is 13.6. The van der Waals surface area contributed by atoms with Crippen LogP contribution >= 0.6 is 23.7 Å². The van der Waals surface area contributed by atoms with Gasteiger partial charge in [0.1, 0.15) is 6.04 Å². The Morgan fingerprint density at radius 1 is 0.935 bits per heavy atom. The van der Waals surface area contributed by atoms with Crippen LogP contribution in [0.2, 0.25) is 0 Å². The molecule has 0 radical (unpaired) electrons. The third kappa shape index (κ3) is 9.37. The number of amides is 2. The Morgan fingerprint density at radius 3 is 2.24 bits per heavy atom. The molecule has 0 saturated carbocycles. The van der Waals surface area contributed by atoms with E-state index in [-0.39, 0.29) is 29.8 Å². The number of nitrogens with two attached hydrogens (primary N) is 3. The van der Waals surface area contributed by atoms with Crippen molar-refractivity contribution in [3.8, 4) is 10.4 Å². The quantitative estimate of drug-likeness (QED) is 0.0963. The van der Waals surface area contributed by atoms with Crippen LogP contribution in [0.25, 0.3) is 10.4 Å². The van der Waals surface area contributed by atoms with Gasteiger partial charge in [0, 0.05) is 17.1 Å². The summed E-state index contributed by atoms with van der Waals surface area (Å²) in [6, 6.07) is 20.0. The molecule has 3 aromatic carbocycles. The lowest BCUT2D eigenvalue weighted by atomic mass is 10.1. The Labute approximate surface area is 279 Å². The van der Waals surface area contributed by atoms with Crippen molar-refractivity contribution in [2.24, 2.45) is 22.2 Å². The number of nitrogens with zero attached hydrogens (tertiary/aromatic N) is 1. The number of carbonyl (C=O) groups excluding carboxylic acids is 2. The van der Waals surface area contributed by atoms with Crippen LogP contribution in [-0.2, 0) is 21.2 Å². The number of sulfonamides is 1. The van der Waals surface area contributed by atoms with E-state index < -0.39 is 27.9 Å². The van der Waals surface area contributed by atoms with Crippen molar-refractivity contribution in [1.82, 2.24) is 10.0 Å². The number of benzene rings is 3. The molecule has 244 valence electrons. The predicted octanol–water partition coefficient (Wildman–Crippen LogP) is 3.88. The van der Waals surface area contributed by atoms with Crippen LogP contribution < -0.4 is 32.6 Å². The largest absolute Gasteiger partial charge is 0.370 e. The number of carbonyl (C=O) groups is 2. The molecule has 1 atom stereocenters. The van der Waals surface area contributed by atoms with E-state index in [4.69, 9.17) is 17.2 Å². The van der Waals surface area contributed by atoms with Gasteiger partial charge in [-0.3, -0.25) is 9.59 Å². The number of hydrogen-bond donors (Lipinski definition) is 6. The summed E-state index contributed by atoms with van der Waals surface area (Å²) in [5, 5.41) is 5.48. The molecule has 2 amide bonds. The van der Waals surface area contributed by atoms with Crippen molar-refractivity contribution in [2.45, 2.75) is 38.1 Å². The third-order valence-electron chi connectivity index (χ3n) is 6.83. The van der Waals surface area contributed by atoms with Crippen molar-refractivity contribution in [2.75, 3.05) is 18.4 Å². The van der Waals surface area contributed by atoms with Gasteiger partial charge in [0.15, 0.2) is 5.96 Å². The molecular formula is C32H38ClN7O4S2. The fraction of sp³-hybridized carbons (Fsp3) is 0.219. The summed E-state index contributed by atoms with van der Waals surface area (Å²) in [6.07, 6.45) is 0.685. The Balaban J connectivity index is 0.00000576. The van der Waals surface area contributed by atoms with Crippen molar-refractivity contribution in [3.63, 3.8) is 0 Å². The maximum atomic E-state index is 13.6. The average molecular weight is 684 g/mol. The lowest BCUT2D eigenvalue weighted by Gasteiger charge is -2.21. The molecule has 0 aliphatic rings. The summed E-state index contributed by atoms with van der Waals surface area (Å²) < 4.78 is 29.7. The number of halogens is 1. The lowest BCUT2D eigenvalue weighted by molar-refractivity contribution is -0.117. The Kier molecular flexibility index (Phi) is 12.5. The second-order valence-electron chi connectivity index (χ2n) is 10.6. The van der Waals surface area contributed by atoms with Gasteiger partial charge in [0.25, 0.3) is 5.91 Å². The van der Waals surface area contributed by atoms with Crippen LogP contribution in [0.5, 0.6) is 0 Å². The van der Waals surface area contributed by atoms with Crippen molar-refractivity contribution >= 4 is 62.9 Å². The molecule has 0 fully saturated rings. The highest BCUT2D eigenvalue weighted by molar-refractivity contribution is 7.89. The van der Waals surface area contributed by atoms with Crippen LogP contribution in [0.15, 0.2) is 82.7 Å². The number of anilines is 1. The van der Waals surface area contributed by atoms with E-state index in [2.05, 4.69) is 20.3 Å². The second kappa shape index (κ2) is 15.8. The zero-order valence-corrected chi connectivity index (χ0v) is 28.1. The zero-order valence-electron chi connectivity index (χ0n) is 25.7. The van der Waals surface area contributed by atoms with Gasteiger partial charge >= 0.3 is 0 Å². The standard InChI is InChI=1S/C32H37N7O4S2.ClH/c1-19-15-20(2)29(21(3)16-19)45(42,43)39-26(30(40)37-24-9-7-22(8-10-24)13-14-33)18-36-31(41)28-12-11-27(44-28)23-5-4-6-25(17-23)38-32(34)35;/h4-12,15-17,26,39H,13-14,18,33H2,1-3H3,(H,36,41)(H,37,40)(H4,34,35,38);1H. The molecule has 1 heterocycles. The third-order valence-corrected chi connectivity index (χ3v) is 9.74. The van der Waals surface area contributed by atoms with Gasteiger partial charge in [-0.15, -0.1) is 23.7 Å². The van der Waals surface area contributed by atoms with Crippen molar-refractivity contribution < 1.29 is 18.0 Å². The molecule has 14 heteroatoms. The van der Waals surface area contributed by atoms with Gasteiger partial charge in [0.05, 0.1) is 15.5 Å². The minimum absolute atomic E-state index is 0. The van der Waals surface area contributed by atoms with Crippen LogP contribution in [-0.4, -0.2) is 45.3 Å². The fourth-order valence-corrected chi connectivity index (χ4v) is 7.52. The van der Waals surface area contributed by atoms with Crippen LogP contribution in [0.4, 0.5) is 11.4 Å². The molecular weight excluding hydrogens is 646 g/mol. The van der Waals surface area contributed by atoms with Crippen molar-refractivity contribution in [1.29, 1.82) is 0 Å². The molecule has 46 heavy (non-hydrogen) atoms. The van der Waals surface area contributed by atoms with E-state index in [0.717, 1.165) is 21.6 Å². The van der Waals surface area contributed by atoms with Crippen LogP contribution in [0.1, 0.15) is 31.9 Å². The smallest absolute Gasteiger partial charge is 0.261 e. The molecule has 4 rings (SSSR count). The SMILES string of the molecule is Cc1cc(C)c(S(=O)(=O)NC(CNC(=O)c2ccc(-c3cccc(N=C(N)N)c3)s2)C(=O)Nc2ccc(CCN)cc2)c(C)c1.Cl. The summed E-state index contributed by atoms with van der Waals surface area (Å²) in [6.45, 7) is 5.48. The summed E-state index contributed by atoms with van der Waals surface area (Å²) in [5.74, 6) is -1.15. The Morgan fingerprint density at radius 2 is 1.61 bits per heavy atom. The van der Waals surface area contributed by atoms with Gasteiger partial charge < -0.3 is 27.8 Å². The topological polar surface area (TPSA) is 195 Å². The molecule has 4 aromatic rings. The molecule has 0 saturated heterocycles. The first kappa shape index (κ1) is 36.2. The molecule has 11 nitrogen and oxygen atoms in total. The fourth-order valence-electron chi connectivity index (χ4n) is 4.95. The highest BCUT2D eigenvalue weighted by atomic mass is 35.5. The minimum atomic E-state index is -4.15. The molecule has 0 aliphatic heterocycles. The lowest BCUT2D eigenvalue weighted by Crippen LogP contribution is -2.50. The molecule has 1 aromatic heterocycles. The normalized spacial score (nSPS) is 11.7. The van der Waals surface area contributed by atoms with Gasteiger partial charge in [-0.2, -0.15) is 4.72 Å². The van der Waals surface area contributed by atoms with E-state index in [1.165, 1.54) is 11.3 Å². The van der Waals surface area contributed by atoms with E-state index >= 15 is 0 Å². The van der Waals surface area contributed by atoms with E-state index in [1.54, 1.807) is 68.4 Å². The number of nitrogens with one attached hydrogen (secondary N) is 3. The number of aliphatic imine (C=N–C) groups is 1. The minimum Gasteiger partial charge on any atom is -0.370 e. The van der Waals surface area contributed by atoms with Gasteiger partial charge in [-0.1, -0.05) is 42.0 Å².